The van der Waals surface area contributed by atoms with Crippen molar-refractivity contribution in [2.75, 3.05) is 13.2 Å². The smallest absolute Gasteiger partial charge is 0.161 e. The van der Waals surface area contributed by atoms with E-state index in [4.69, 9.17) is 32.7 Å². The van der Waals surface area contributed by atoms with Crippen molar-refractivity contribution in [1.29, 1.82) is 0 Å². The standard InChI is InChI=1S/C24H24Cl2FNO2/c1-2-29-24-13-18(15-28-12-11-17-3-7-20(25)8-4-17)5-10-23(24)30-16-19-6-9-21(27)14-22(19)26/h3-10,13-14,28H,2,11-12,15-16H2,1H3. The molecule has 6 heteroatoms. The molecule has 0 aliphatic rings. The lowest BCUT2D eigenvalue weighted by Crippen LogP contribution is -2.16. The molecule has 3 aromatic carbocycles. The number of benzene rings is 3. The van der Waals surface area contributed by atoms with E-state index in [2.05, 4.69) is 5.32 Å². The summed E-state index contributed by atoms with van der Waals surface area (Å²) >= 11 is 12.0. The van der Waals surface area contributed by atoms with Gasteiger partial charge >= 0.3 is 0 Å². The molecule has 0 aliphatic carbocycles. The van der Waals surface area contributed by atoms with E-state index < -0.39 is 0 Å². The molecule has 0 fully saturated rings. The van der Waals surface area contributed by atoms with Crippen molar-refractivity contribution in [3.8, 4) is 11.5 Å². The van der Waals surface area contributed by atoms with Gasteiger partial charge in [0.2, 0.25) is 0 Å². The van der Waals surface area contributed by atoms with Gasteiger partial charge in [-0.15, -0.1) is 0 Å². The van der Waals surface area contributed by atoms with Crippen LogP contribution >= 0.6 is 23.2 Å². The van der Waals surface area contributed by atoms with Crippen LogP contribution in [0.15, 0.2) is 60.7 Å². The molecule has 0 aliphatic heterocycles. The van der Waals surface area contributed by atoms with E-state index >= 15 is 0 Å². The molecular formula is C24H24Cl2FNO2. The van der Waals surface area contributed by atoms with Crippen LogP contribution in [0.5, 0.6) is 11.5 Å². The molecule has 0 saturated heterocycles. The summed E-state index contributed by atoms with van der Waals surface area (Å²) in [6.45, 7) is 4.27. The Morgan fingerprint density at radius 2 is 1.63 bits per heavy atom. The molecule has 0 unspecified atom stereocenters. The zero-order chi connectivity index (χ0) is 21.3. The number of rotatable bonds is 10. The third-order valence-corrected chi connectivity index (χ3v) is 5.14. The van der Waals surface area contributed by atoms with Crippen molar-refractivity contribution in [2.24, 2.45) is 0 Å². The van der Waals surface area contributed by atoms with Gasteiger partial charge in [0.15, 0.2) is 11.5 Å². The van der Waals surface area contributed by atoms with Gasteiger partial charge in [0.05, 0.1) is 11.6 Å². The maximum absolute atomic E-state index is 13.2. The molecule has 3 aromatic rings. The largest absolute Gasteiger partial charge is 0.490 e. The fourth-order valence-electron chi connectivity index (χ4n) is 2.96. The van der Waals surface area contributed by atoms with E-state index in [1.807, 2.05) is 49.4 Å². The second-order valence-electron chi connectivity index (χ2n) is 6.79. The first kappa shape index (κ1) is 22.4. The zero-order valence-electron chi connectivity index (χ0n) is 16.8. The van der Waals surface area contributed by atoms with Crippen molar-refractivity contribution < 1.29 is 13.9 Å². The summed E-state index contributed by atoms with van der Waals surface area (Å²) in [5.74, 6) is 0.932. The minimum atomic E-state index is -0.369. The van der Waals surface area contributed by atoms with Crippen molar-refractivity contribution in [2.45, 2.75) is 26.5 Å². The number of hydrogen-bond acceptors (Lipinski definition) is 3. The highest BCUT2D eigenvalue weighted by Gasteiger charge is 2.09. The van der Waals surface area contributed by atoms with E-state index in [-0.39, 0.29) is 12.4 Å². The molecule has 0 heterocycles. The Bertz CT molecular complexity index is 964. The van der Waals surface area contributed by atoms with E-state index in [9.17, 15) is 4.39 Å². The minimum absolute atomic E-state index is 0.234. The van der Waals surface area contributed by atoms with Crippen LogP contribution in [0.1, 0.15) is 23.6 Å². The van der Waals surface area contributed by atoms with Crippen molar-refractivity contribution in [3.63, 3.8) is 0 Å². The van der Waals surface area contributed by atoms with Gasteiger partial charge in [0.1, 0.15) is 12.4 Å². The second-order valence-corrected chi connectivity index (χ2v) is 7.64. The highest BCUT2D eigenvalue weighted by Crippen LogP contribution is 2.30. The summed E-state index contributed by atoms with van der Waals surface area (Å²) in [7, 11) is 0. The molecule has 0 radical (unpaired) electrons. The fourth-order valence-corrected chi connectivity index (χ4v) is 3.31. The topological polar surface area (TPSA) is 30.5 Å². The highest BCUT2D eigenvalue weighted by molar-refractivity contribution is 6.31. The first-order valence-corrected chi connectivity index (χ1v) is 10.6. The van der Waals surface area contributed by atoms with Gasteiger partial charge in [-0.1, -0.05) is 47.5 Å². The lowest BCUT2D eigenvalue weighted by molar-refractivity contribution is 0.269. The predicted octanol–water partition coefficient (Wildman–Crippen LogP) is 6.44. The average Bonchev–Trinajstić information content (AvgIpc) is 2.73. The molecule has 0 aromatic heterocycles. The Labute approximate surface area is 186 Å². The Kier molecular flexibility index (Phi) is 8.38. The molecule has 1 N–H and O–H groups in total. The van der Waals surface area contributed by atoms with Gasteiger partial charge in [0.25, 0.3) is 0 Å². The lowest BCUT2D eigenvalue weighted by atomic mass is 10.1. The summed E-state index contributed by atoms with van der Waals surface area (Å²) in [5, 5.41) is 4.53. The first-order chi connectivity index (χ1) is 14.5. The molecule has 0 atom stereocenters. The maximum atomic E-state index is 13.2. The van der Waals surface area contributed by atoms with Crippen LogP contribution in [0, 0.1) is 5.82 Å². The van der Waals surface area contributed by atoms with Crippen molar-refractivity contribution in [1.82, 2.24) is 5.32 Å². The molecule has 3 nitrogen and oxygen atoms in total. The van der Waals surface area contributed by atoms with Crippen molar-refractivity contribution >= 4 is 23.2 Å². The van der Waals surface area contributed by atoms with Crippen LogP contribution in [0.4, 0.5) is 4.39 Å². The number of hydrogen-bond donors (Lipinski definition) is 1. The van der Waals surface area contributed by atoms with Crippen LogP contribution in [-0.2, 0) is 19.6 Å². The molecule has 3 rings (SSSR count). The highest BCUT2D eigenvalue weighted by atomic mass is 35.5. The summed E-state index contributed by atoms with van der Waals surface area (Å²) in [6, 6.07) is 18.0. The SMILES string of the molecule is CCOc1cc(CNCCc2ccc(Cl)cc2)ccc1OCc1ccc(F)cc1Cl. The summed E-state index contributed by atoms with van der Waals surface area (Å²) in [5.41, 5.74) is 3.06. The van der Waals surface area contributed by atoms with Crippen LogP contribution in [0.3, 0.4) is 0 Å². The number of ether oxygens (including phenoxy) is 2. The average molecular weight is 448 g/mol. The monoisotopic (exact) mass is 447 g/mol. The van der Waals surface area contributed by atoms with E-state index in [1.54, 1.807) is 6.07 Å². The quantitative estimate of drug-likeness (QED) is 0.362. The normalized spacial score (nSPS) is 10.8. The number of halogens is 3. The van der Waals surface area contributed by atoms with Crippen LogP contribution in [0.25, 0.3) is 0 Å². The molecule has 0 saturated carbocycles. The summed E-state index contributed by atoms with van der Waals surface area (Å²) < 4.78 is 24.8. The van der Waals surface area contributed by atoms with E-state index in [1.165, 1.54) is 17.7 Å². The third kappa shape index (κ3) is 6.63. The van der Waals surface area contributed by atoms with Crippen LogP contribution < -0.4 is 14.8 Å². The molecule has 0 bridgehead atoms. The van der Waals surface area contributed by atoms with Crippen molar-refractivity contribution in [3.05, 3.63) is 93.2 Å². The Morgan fingerprint density at radius 3 is 2.37 bits per heavy atom. The first-order valence-electron chi connectivity index (χ1n) is 9.82. The maximum Gasteiger partial charge on any atom is 0.161 e. The second kappa shape index (κ2) is 11.2. The molecule has 0 amide bonds. The van der Waals surface area contributed by atoms with Gasteiger partial charge in [-0.05, 0) is 67.4 Å². The van der Waals surface area contributed by atoms with Crippen LogP contribution in [-0.4, -0.2) is 13.2 Å². The molecule has 158 valence electrons. The molecule has 30 heavy (non-hydrogen) atoms. The van der Waals surface area contributed by atoms with E-state index in [0.29, 0.717) is 28.7 Å². The Morgan fingerprint density at radius 1 is 0.867 bits per heavy atom. The Balaban J connectivity index is 1.56. The van der Waals surface area contributed by atoms with Gasteiger partial charge < -0.3 is 14.8 Å². The summed E-state index contributed by atoms with van der Waals surface area (Å²) in [4.78, 5) is 0. The predicted molar refractivity (Wildman–Crippen MR) is 120 cm³/mol. The van der Waals surface area contributed by atoms with Gasteiger partial charge in [-0.3, -0.25) is 0 Å². The summed E-state index contributed by atoms with van der Waals surface area (Å²) in [6.07, 6.45) is 0.926. The van der Waals surface area contributed by atoms with Gasteiger partial charge in [-0.25, -0.2) is 4.39 Å². The molecule has 0 spiro atoms. The number of nitrogens with one attached hydrogen (secondary N) is 1. The molecular weight excluding hydrogens is 424 g/mol. The lowest BCUT2D eigenvalue weighted by Gasteiger charge is -2.14. The van der Waals surface area contributed by atoms with Gasteiger partial charge in [-0.2, -0.15) is 0 Å². The minimum Gasteiger partial charge on any atom is -0.490 e. The Hall–Kier alpha value is -2.27. The van der Waals surface area contributed by atoms with E-state index in [0.717, 1.165) is 30.1 Å². The zero-order valence-corrected chi connectivity index (χ0v) is 18.3. The fraction of sp³-hybridized carbons (Fsp3) is 0.250. The van der Waals surface area contributed by atoms with Crippen LogP contribution in [0.2, 0.25) is 10.0 Å². The third-order valence-electron chi connectivity index (χ3n) is 4.54. The van der Waals surface area contributed by atoms with Gasteiger partial charge in [0, 0.05) is 17.1 Å².